The van der Waals surface area contributed by atoms with Crippen LogP contribution in [0.3, 0.4) is 0 Å². The van der Waals surface area contributed by atoms with E-state index in [1.54, 1.807) is 30.3 Å². The average molecular weight is 368 g/mol. The Morgan fingerprint density at radius 2 is 2.12 bits per heavy atom. The summed E-state index contributed by atoms with van der Waals surface area (Å²) in [7, 11) is 3.78. The highest BCUT2D eigenvalue weighted by Gasteiger charge is 2.36. The second-order valence-electron chi connectivity index (χ2n) is 5.48. The van der Waals surface area contributed by atoms with Gasteiger partial charge in [0, 0.05) is 18.1 Å². The Balaban J connectivity index is 2.00. The number of carbonyl (C=O) groups excluding carboxylic acids is 3. The number of likely N-dealkylation sites (N-methyl/N-ethyl adjacent to an activating group) is 1. The van der Waals surface area contributed by atoms with Crippen molar-refractivity contribution >= 4 is 46.5 Å². The quantitative estimate of drug-likeness (QED) is 0.779. The summed E-state index contributed by atoms with van der Waals surface area (Å²) < 4.78 is 0. The molecule has 0 saturated carbocycles. The zero-order valence-corrected chi connectivity index (χ0v) is 15.0. The van der Waals surface area contributed by atoms with Crippen LogP contribution in [0.2, 0.25) is 5.02 Å². The summed E-state index contributed by atoms with van der Waals surface area (Å²) in [4.78, 5) is 39.3. The van der Waals surface area contributed by atoms with Crippen molar-refractivity contribution in [3.8, 4) is 0 Å². The molecule has 2 rings (SSSR count). The van der Waals surface area contributed by atoms with E-state index in [0.29, 0.717) is 18.1 Å². The molecule has 24 heavy (non-hydrogen) atoms. The van der Waals surface area contributed by atoms with Gasteiger partial charge in [-0.3, -0.25) is 19.3 Å². The molecule has 1 heterocycles. The minimum atomic E-state index is -0.465. The van der Waals surface area contributed by atoms with Gasteiger partial charge in [0.15, 0.2) is 0 Å². The van der Waals surface area contributed by atoms with Crippen LogP contribution in [0, 0.1) is 0 Å². The molecule has 1 aromatic rings. The number of halogens is 1. The zero-order chi connectivity index (χ0) is 17.7. The normalized spacial score (nSPS) is 16.3. The van der Waals surface area contributed by atoms with Gasteiger partial charge in [0.25, 0.3) is 11.1 Å². The number of nitrogens with one attached hydrogen (secondary N) is 1. The maximum Gasteiger partial charge on any atom is 0.294 e. The maximum absolute atomic E-state index is 12.3. The van der Waals surface area contributed by atoms with E-state index >= 15 is 0 Å². The van der Waals surface area contributed by atoms with Gasteiger partial charge in [0.2, 0.25) is 5.91 Å². The van der Waals surface area contributed by atoms with E-state index in [4.69, 9.17) is 11.6 Å². The topological polar surface area (TPSA) is 69.7 Å². The van der Waals surface area contributed by atoms with Crippen LogP contribution in [0.25, 0.3) is 6.08 Å². The largest absolute Gasteiger partial charge is 0.353 e. The first-order valence-corrected chi connectivity index (χ1v) is 8.48. The summed E-state index contributed by atoms with van der Waals surface area (Å²) in [6, 6.07) is 6.97. The van der Waals surface area contributed by atoms with Gasteiger partial charge in [-0.05, 0) is 49.6 Å². The molecule has 128 valence electrons. The lowest BCUT2D eigenvalue weighted by atomic mass is 10.2. The van der Waals surface area contributed by atoms with Crippen molar-refractivity contribution in [2.24, 2.45) is 0 Å². The lowest BCUT2D eigenvalue weighted by Crippen LogP contribution is -2.41. The van der Waals surface area contributed by atoms with E-state index < -0.39 is 11.1 Å². The minimum Gasteiger partial charge on any atom is -0.353 e. The fourth-order valence-corrected chi connectivity index (χ4v) is 3.04. The van der Waals surface area contributed by atoms with E-state index in [2.05, 4.69) is 5.32 Å². The van der Waals surface area contributed by atoms with E-state index in [0.717, 1.165) is 22.2 Å². The Labute approximate surface area is 149 Å². The van der Waals surface area contributed by atoms with Crippen LogP contribution in [-0.4, -0.2) is 60.6 Å². The van der Waals surface area contributed by atoms with E-state index in [1.807, 2.05) is 19.0 Å². The maximum atomic E-state index is 12.3. The lowest BCUT2D eigenvalue weighted by Gasteiger charge is -2.14. The predicted molar refractivity (Wildman–Crippen MR) is 95.7 cm³/mol. The molecule has 1 fully saturated rings. The van der Waals surface area contributed by atoms with E-state index in [9.17, 15) is 14.4 Å². The van der Waals surface area contributed by atoms with Crippen molar-refractivity contribution in [3.63, 3.8) is 0 Å². The van der Waals surface area contributed by atoms with Crippen molar-refractivity contribution in [1.82, 2.24) is 15.1 Å². The molecule has 0 atom stereocenters. The first-order chi connectivity index (χ1) is 11.4. The smallest absolute Gasteiger partial charge is 0.294 e. The number of thioether (sulfide) groups is 1. The van der Waals surface area contributed by atoms with Crippen molar-refractivity contribution in [2.45, 2.75) is 0 Å². The minimum absolute atomic E-state index is 0.273. The first kappa shape index (κ1) is 18.5. The fraction of sp³-hybridized carbons (Fsp3) is 0.312. The van der Waals surface area contributed by atoms with Crippen molar-refractivity contribution in [1.29, 1.82) is 0 Å². The molecule has 0 aliphatic carbocycles. The Morgan fingerprint density at radius 1 is 1.38 bits per heavy atom. The molecule has 8 heteroatoms. The van der Waals surface area contributed by atoms with Crippen LogP contribution in [0.15, 0.2) is 29.2 Å². The summed E-state index contributed by atoms with van der Waals surface area (Å²) in [6.45, 7) is 0.869. The molecular formula is C16H18ClN3O3S. The molecule has 0 unspecified atom stereocenters. The van der Waals surface area contributed by atoms with Crippen molar-refractivity contribution < 1.29 is 14.4 Å². The molecule has 1 N–H and O–H groups in total. The Hall–Kier alpha value is -1.83. The van der Waals surface area contributed by atoms with Crippen LogP contribution in [0.5, 0.6) is 0 Å². The fourth-order valence-electron chi connectivity index (χ4n) is 2.00. The van der Waals surface area contributed by atoms with Gasteiger partial charge in [-0.15, -0.1) is 0 Å². The van der Waals surface area contributed by atoms with Crippen LogP contribution in [0.1, 0.15) is 5.56 Å². The molecule has 0 bridgehead atoms. The van der Waals surface area contributed by atoms with Gasteiger partial charge in [-0.25, -0.2) is 0 Å². The molecule has 0 spiro atoms. The van der Waals surface area contributed by atoms with Gasteiger partial charge in [-0.2, -0.15) is 0 Å². The summed E-state index contributed by atoms with van der Waals surface area (Å²) in [6.07, 6.45) is 1.60. The molecule has 1 aliphatic rings. The van der Waals surface area contributed by atoms with Gasteiger partial charge < -0.3 is 10.2 Å². The second-order valence-corrected chi connectivity index (χ2v) is 6.91. The van der Waals surface area contributed by atoms with Crippen LogP contribution in [0.4, 0.5) is 4.79 Å². The molecule has 6 nitrogen and oxygen atoms in total. The SMILES string of the molecule is CN(C)CCNC(=O)CN1C(=O)SC(=Cc2cccc(Cl)c2)C1=O. The number of hydrogen-bond donors (Lipinski definition) is 1. The highest BCUT2D eigenvalue weighted by Crippen LogP contribution is 2.32. The van der Waals surface area contributed by atoms with Gasteiger partial charge >= 0.3 is 0 Å². The Kier molecular flexibility index (Phi) is 6.42. The summed E-state index contributed by atoms with van der Waals surface area (Å²) in [5.74, 6) is -0.823. The standard InChI is InChI=1S/C16H18ClN3O3S/c1-19(2)7-6-18-14(21)10-20-15(22)13(24-16(20)23)9-11-4-3-5-12(17)8-11/h3-5,8-9H,6-7,10H2,1-2H3,(H,18,21). The predicted octanol–water partition coefficient (Wildman–Crippen LogP) is 2.05. The first-order valence-electron chi connectivity index (χ1n) is 7.29. The van der Waals surface area contributed by atoms with E-state index in [-0.39, 0.29) is 17.4 Å². The summed E-state index contributed by atoms with van der Waals surface area (Å²) in [5, 5.41) is 2.78. The van der Waals surface area contributed by atoms with Gasteiger partial charge in [0.05, 0.1) is 4.91 Å². The highest BCUT2D eigenvalue weighted by atomic mass is 35.5. The van der Waals surface area contributed by atoms with Crippen molar-refractivity contribution in [2.75, 3.05) is 33.7 Å². The third kappa shape index (κ3) is 5.09. The molecule has 1 aromatic carbocycles. The third-order valence-corrected chi connectivity index (χ3v) is 4.35. The Bertz CT molecular complexity index is 691. The number of nitrogens with zero attached hydrogens (tertiary/aromatic N) is 2. The monoisotopic (exact) mass is 367 g/mol. The summed E-state index contributed by atoms with van der Waals surface area (Å²) >= 11 is 6.73. The van der Waals surface area contributed by atoms with Crippen LogP contribution >= 0.6 is 23.4 Å². The number of rotatable bonds is 6. The molecule has 0 radical (unpaired) electrons. The third-order valence-electron chi connectivity index (χ3n) is 3.20. The molecule has 3 amide bonds. The number of benzene rings is 1. The van der Waals surface area contributed by atoms with Crippen LogP contribution < -0.4 is 5.32 Å². The molecular weight excluding hydrogens is 350 g/mol. The molecule has 0 aromatic heterocycles. The number of carbonyl (C=O) groups is 3. The summed E-state index contributed by atoms with van der Waals surface area (Å²) in [5.41, 5.74) is 0.725. The second kappa shape index (κ2) is 8.32. The average Bonchev–Trinajstić information content (AvgIpc) is 2.74. The number of hydrogen-bond acceptors (Lipinski definition) is 5. The number of amides is 3. The zero-order valence-electron chi connectivity index (χ0n) is 13.4. The lowest BCUT2D eigenvalue weighted by molar-refractivity contribution is -0.129. The molecule has 1 aliphatic heterocycles. The molecule has 1 saturated heterocycles. The van der Waals surface area contributed by atoms with Crippen LogP contribution in [-0.2, 0) is 9.59 Å². The van der Waals surface area contributed by atoms with Gasteiger partial charge in [0.1, 0.15) is 6.54 Å². The van der Waals surface area contributed by atoms with E-state index in [1.165, 1.54) is 0 Å². The Morgan fingerprint density at radius 3 is 2.79 bits per heavy atom. The highest BCUT2D eigenvalue weighted by molar-refractivity contribution is 8.18. The van der Waals surface area contributed by atoms with Crippen molar-refractivity contribution in [3.05, 3.63) is 39.8 Å². The number of imide groups is 1. The van der Waals surface area contributed by atoms with Gasteiger partial charge in [-0.1, -0.05) is 23.7 Å².